The zero-order valence-corrected chi connectivity index (χ0v) is 19.1. The summed E-state index contributed by atoms with van der Waals surface area (Å²) >= 11 is 0. The zero-order valence-electron chi connectivity index (χ0n) is 19.1. The van der Waals surface area contributed by atoms with Crippen LogP contribution in [0.4, 0.5) is 4.79 Å². The van der Waals surface area contributed by atoms with Gasteiger partial charge in [-0.3, -0.25) is 0 Å². The molecule has 1 atom stereocenters. The minimum atomic E-state index is -0.512. The Labute approximate surface area is 176 Å². The predicted molar refractivity (Wildman–Crippen MR) is 117 cm³/mol. The second kappa shape index (κ2) is 8.20. The molecule has 1 amide bonds. The first-order chi connectivity index (χ1) is 13.5. The van der Waals surface area contributed by atoms with Gasteiger partial charge in [0.1, 0.15) is 11.4 Å². The van der Waals surface area contributed by atoms with Crippen LogP contribution in [-0.2, 0) is 4.74 Å². The molecule has 0 aromatic heterocycles. The molecule has 4 rings (SSSR count). The van der Waals surface area contributed by atoms with Gasteiger partial charge in [-0.2, -0.15) is 0 Å². The number of fused-ring (bicyclic) bond motifs is 3. The summed E-state index contributed by atoms with van der Waals surface area (Å²) in [5.74, 6) is 1.89. The molecule has 4 nitrogen and oxygen atoms in total. The fourth-order valence-corrected chi connectivity index (χ4v) is 4.77. The van der Waals surface area contributed by atoms with E-state index in [0.717, 1.165) is 23.8 Å². The number of hydrogen-bond donors (Lipinski definition) is 1. The molecular formula is C25H39NO3. The number of carbonyl (C=O) groups excluding carboxylic acids is 1. The second-order valence-electron chi connectivity index (χ2n) is 11.3. The number of alkyl carbamates (subject to hydrolysis) is 1. The van der Waals surface area contributed by atoms with E-state index in [9.17, 15) is 4.79 Å². The minimum Gasteiger partial charge on any atom is -0.493 e. The van der Waals surface area contributed by atoms with Crippen LogP contribution in [0.1, 0.15) is 91.7 Å². The van der Waals surface area contributed by atoms with Crippen molar-refractivity contribution in [2.24, 2.45) is 16.7 Å². The van der Waals surface area contributed by atoms with E-state index in [1.54, 1.807) is 0 Å². The molecule has 0 spiro atoms. The van der Waals surface area contributed by atoms with Crippen molar-refractivity contribution in [3.63, 3.8) is 0 Å². The molecule has 0 heterocycles. The van der Waals surface area contributed by atoms with Crippen LogP contribution in [0.2, 0.25) is 0 Å². The van der Waals surface area contributed by atoms with Crippen molar-refractivity contribution >= 4 is 6.09 Å². The smallest absolute Gasteiger partial charge is 0.408 e. The van der Waals surface area contributed by atoms with E-state index in [1.165, 1.54) is 38.5 Å². The van der Waals surface area contributed by atoms with Gasteiger partial charge in [-0.1, -0.05) is 32.9 Å². The fraction of sp³-hybridized carbons (Fsp3) is 0.720. The Morgan fingerprint density at radius 1 is 1.03 bits per heavy atom. The minimum absolute atomic E-state index is 0.140. The van der Waals surface area contributed by atoms with Gasteiger partial charge in [0.05, 0.1) is 12.6 Å². The molecule has 3 saturated carbocycles. The Morgan fingerprint density at radius 3 is 2.07 bits per heavy atom. The van der Waals surface area contributed by atoms with Crippen LogP contribution < -0.4 is 10.1 Å². The largest absolute Gasteiger partial charge is 0.493 e. The third-order valence-electron chi connectivity index (χ3n) is 6.53. The first-order valence-electron chi connectivity index (χ1n) is 11.2. The highest BCUT2D eigenvalue weighted by molar-refractivity contribution is 5.68. The van der Waals surface area contributed by atoms with E-state index < -0.39 is 5.60 Å². The molecule has 0 radical (unpaired) electrons. The van der Waals surface area contributed by atoms with Gasteiger partial charge in [0.25, 0.3) is 0 Å². The summed E-state index contributed by atoms with van der Waals surface area (Å²) < 4.78 is 11.7. The van der Waals surface area contributed by atoms with Crippen LogP contribution in [0.5, 0.6) is 5.75 Å². The zero-order chi connectivity index (χ0) is 21.3. The lowest BCUT2D eigenvalue weighted by Gasteiger charge is -2.46. The maximum atomic E-state index is 12.3. The summed E-state index contributed by atoms with van der Waals surface area (Å²) in [4.78, 5) is 12.3. The van der Waals surface area contributed by atoms with Crippen molar-refractivity contribution in [2.75, 3.05) is 6.61 Å². The number of ether oxygens (including phenoxy) is 2. The van der Waals surface area contributed by atoms with Gasteiger partial charge < -0.3 is 14.8 Å². The number of rotatable bonds is 5. The molecule has 162 valence electrons. The van der Waals surface area contributed by atoms with Crippen molar-refractivity contribution in [3.8, 4) is 5.75 Å². The van der Waals surface area contributed by atoms with Crippen LogP contribution in [0.3, 0.4) is 0 Å². The monoisotopic (exact) mass is 401 g/mol. The van der Waals surface area contributed by atoms with E-state index in [2.05, 4.69) is 38.2 Å². The lowest BCUT2D eigenvalue weighted by Crippen LogP contribution is -2.40. The van der Waals surface area contributed by atoms with E-state index in [-0.39, 0.29) is 17.6 Å². The van der Waals surface area contributed by atoms with Crippen LogP contribution in [0.15, 0.2) is 24.3 Å². The number of carbonyl (C=O) groups is 1. The van der Waals surface area contributed by atoms with E-state index >= 15 is 0 Å². The van der Waals surface area contributed by atoms with Crippen molar-refractivity contribution in [1.29, 1.82) is 0 Å². The Kier molecular flexibility index (Phi) is 6.21. The number of nitrogens with one attached hydrogen (secondary N) is 1. The summed E-state index contributed by atoms with van der Waals surface area (Å²) in [6, 6.07) is 8.07. The summed E-state index contributed by atoms with van der Waals surface area (Å²) in [5.41, 5.74) is 0.813. The SMILES string of the molecule is CC(C)(C)OC(=O)N[C@H](c1ccc(OCC23CCC(CC2)CC3)cc1)C(C)(C)C. The summed E-state index contributed by atoms with van der Waals surface area (Å²) in [7, 11) is 0. The molecule has 4 heteroatoms. The van der Waals surface area contributed by atoms with Crippen LogP contribution in [0, 0.1) is 16.7 Å². The quantitative estimate of drug-likeness (QED) is 0.601. The molecule has 0 aliphatic heterocycles. The van der Waals surface area contributed by atoms with Crippen molar-refractivity contribution in [1.82, 2.24) is 5.32 Å². The molecule has 3 aliphatic rings. The number of hydrogen-bond acceptors (Lipinski definition) is 3. The lowest BCUT2D eigenvalue weighted by molar-refractivity contribution is 0.0191. The Bertz CT molecular complexity index is 674. The topological polar surface area (TPSA) is 47.6 Å². The predicted octanol–water partition coefficient (Wildman–Crippen LogP) is 6.65. The highest BCUT2D eigenvalue weighted by Crippen LogP contribution is 2.50. The molecule has 29 heavy (non-hydrogen) atoms. The van der Waals surface area contributed by atoms with Crippen molar-refractivity contribution in [2.45, 2.75) is 91.7 Å². The Morgan fingerprint density at radius 2 is 1.59 bits per heavy atom. The fourth-order valence-electron chi connectivity index (χ4n) is 4.77. The van der Waals surface area contributed by atoms with Gasteiger partial charge in [0.2, 0.25) is 0 Å². The summed E-state index contributed by atoms with van der Waals surface area (Å²) in [6.45, 7) is 12.8. The molecule has 0 saturated heterocycles. The van der Waals surface area contributed by atoms with Gasteiger partial charge in [-0.25, -0.2) is 4.79 Å². The molecule has 1 aromatic rings. The van der Waals surface area contributed by atoms with Crippen LogP contribution in [-0.4, -0.2) is 18.3 Å². The van der Waals surface area contributed by atoms with Gasteiger partial charge in [-0.15, -0.1) is 0 Å². The number of amides is 1. The molecule has 3 aliphatic carbocycles. The molecule has 1 aromatic carbocycles. The second-order valence-corrected chi connectivity index (χ2v) is 11.3. The first kappa shape index (κ1) is 22.0. The van der Waals surface area contributed by atoms with Gasteiger partial charge in [-0.05, 0) is 88.3 Å². The lowest BCUT2D eigenvalue weighted by atomic mass is 9.61. The maximum Gasteiger partial charge on any atom is 0.408 e. The Balaban J connectivity index is 1.63. The summed E-state index contributed by atoms with van der Waals surface area (Å²) in [5, 5.41) is 3.05. The Hall–Kier alpha value is -1.71. The van der Waals surface area contributed by atoms with Crippen LogP contribution >= 0.6 is 0 Å². The highest BCUT2D eigenvalue weighted by Gasteiger charge is 2.41. The van der Waals surface area contributed by atoms with Gasteiger partial charge in [0, 0.05) is 5.41 Å². The van der Waals surface area contributed by atoms with Gasteiger partial charge >= 0.3 is 6.09 Å². The molecular weight excluding hydrogens is 362 g/mol. The van der Waals surface area contributed by atoms with Crippen LogP contribution in [0.25, 0.3) is 0 Å². The molecule has 1 N–H and O–H groups in total. The third-order valence-corrected chi connectivity index (χ3v) is 6.53. The van der Waals surface area contributed by atoms with Crippen molar-refractivity contribution < 1.29 is 14.3 Å². The average molecular weight is 402 g/mol. The van der Waals surface area contributed by atoms with Crippen molar-refractivity contribution in [3.05, 3.63) is 29.8 Å². The van der Waals surface area contributed by atoms with E-state index in [1.807, 2.05) is 32.9 Å². The number of benzene rings is 1. The average Bonchev–Trinajstić information content (AvgIpc) is 2.64. The standard InChI is InChI=1S/C25H39NO3/c1-23(2,3)21(26-22(27)29-24(4,5)6)19-7-9-20(10-8-19)28-17-25-14-11-18(12-15-25)13-16-25/h7-10,18,21H,11-17H2,1-6H3,(H,26,27)/t18?,21-,25?/m1/s1. The van der Waals surface area contributed by atoms with Gasteiger partial charge in [0.15, 0.2) is 0 Å². The van der Waals surface area contributed by atoms with E-state index in [0.29, 0.717) is 5.41 Å². The maximum absolute atomic E-state index is 12.3. The normalized spacial score (nSPS) is 25.4. The summed E-state index contributed by atoms with van der Waals surface area (Å²) in [6.07, 6.45) is 7.72. The molecule has 3 fully saturated rings. The van der Waals surface area contributed by atoms with E-state index in [4.69, 9.17) is 9.47 Å². The molecule has 2 bridgehead atoms. The molecule has 0 unspecified atom stereocenters. The first-order valence-corrected chi connectivity index (χ1v) is 11.2. The highest BCUT2D eigenvalue weighted by atomic mass is 16.6. The third kappa shape index (κ3) is 5.90.